The van der Waals surface area contributed by atoms with Crippen LogP contribution in [0.15, 0.2) is 30.3 Å². The molecule has 19 heavy (non-hydrogen) atoms. The third-order valence-electron chi connectivity index (χ3n) is 2.61. The highest BCUT2D eigenvalue weighted by Crippen LogP contribution is 2.07. The Morgan fingerprint density at radius 1 is 1.26 bits per heavy atom. The van der Waals surface area contributed by atoms with Crippen molar-refractivity contribution in [2.75, 3.05) is 6.54 Å². The number of amides is 2. The number of rotatable bonds is 6. The normalized spacial score (nSPS) is 13.4. The van der Waals surface area contributed by atoms with Gasteiger partial charge in [0.1, 0.15) is 0 Å². The predicted octanol–water partition coefficient (Wildman–Crippen LogP) is 0.362. The molecule has 2 amide bonds. The summed E-state index contributed by atoms with van der Waals surface area (Å²) < 4.78 is 0. The third-order valence-corrected chi connectivity index (χ3v) is 2.61. The highest BCUT2D eigenvalue weighted by atomic mass is 16.4. The minimum atomic E-state index is -1.42. The van der Waals surface area contributed by atoms with Gasteiger partial charge in [0.05, 0.1) is 6.04 Å². The fraction of sp³-hybridized carbons (Fsp3) is 0.385. The van der Waals surface area contributed by atoms with Gasteiger partial charge in [0.25, 0.3) is 5.91 Å². The average Bonchev–Trinajstić information content (AvgIpc) is 2.38. The highest BCUT2D eigenvalue weighted by Gasteiger charge is 2.27. The molecule has 0 fully saturated rings. The van der Waals surface area contributed by atoms with E-state index in [1.807, 2.05) is 18.2 Å². The lowest BCUT2D eigenvalue weighted by Crippen LogP contribution is -2.51. The van der Waals surface area contributed by atoms with Crippen LogP contribution in [0.5, 0.6) is 0 Å². The van der Waals surface area contributed by atoms with Crippen LogP contribution < -0.4 is 10.6 Å². The van der Waals surface area contributed by atoms with Gasteiger partial charge in [0, 0.05) is 6.54 Å². The summed E-state index contributed by atoms with van der Waals surface area (Å²) in [7, 11) is 0. The van der Waals surface area contributed by atoms with Crippen LogP contribution in [-0.4, -0.2) is 40.9 Å². The molecule has 1 aromatic carbocycles. The Morgan fingerprint density at radius 3 is 2.42 bits per heavy atom. The first kappa shape index (κ1) is 15.0. The van der Waals surface area contributed by atoms with Crippen LogP contribution in [0.2, 0.25) is 0 Å². The van der Waals surface area contributed by atoms with Gasteiger partial charge in [-0.3, -0.25) is 4.79 Å². The molecule has 1 aromatic rings. The minimum Gasteiger partial charge on any atom is -0.465 e. The van der Waals surface area contributed by atoms with E-state index in [0.717, 1.165) is 5.56 Å². The first-order chi connectivity index (χ1) is 9.04. The largest absolute Gasteiger partial charge is 0.465 e. The Balaban J connectivity index is 2.76. The zero-order valence-electron chi connectivity index (χ0n) is 10.7. The van der Waals surface area contributed by atoms with Crippen molar-refractivity contribution in [3.05, 3.63) is 35.9 Å². The quantitative estimate of drug-likeness (QED) is 0.597. The predicted molar refractivity (Wildman–Crippen MR) is 69.8 cm³/mol. The summed E-state index contributed by atoms with van der Waals surface area (Å²) in [5.41, 5.74) is 0.838. The van der Waals surface area contributed by atoms with Gasteiger partial charge in [-0.05, 0) is 18.9 Å². The number of likely N-dealkylation sites (N-methyl/N-ethyl adjacent to an activating group) is 1. The molecule has 1 rings (SSSR count). The summed E-state index contributed by atoms with van der Waals surface area (Å²) in [6.45, 7) is 2.10. The van der Waals surface area contributed by atoms with Gasteiger partial charge in [-0.1, -0.05) is 30.3 Å². The lowest BCUT2D eigenvalue weighted by atomic mass is 10.0. The molecule has 4 N–H and O–H groups in total. The molecule has 0 heterocycles. The number of carbonyl (C=O) groups excluding carboxylic acids is 1. The van der Waals surface area contributed by atoms with E-state index < -0.39 is 24.1 Å². The van der Waals surface area contributed by atoms with Crippen molar-refractivity contribution < 1.29 is 19.8 Å². The van der Waals surface area contributed by atoms with Crippen molar-refractivity contribution in [2.24, 2.45) is 0 Å². The van der Waals surface area contributed by atoms with E-state index >= 15 is 0 Å². The van der Waals surface area contributed by atoms with E-state index in [1.165, 1.54) is 0 Å². The molecular formula is C13H18N2O4. The van der Waals surface area contributed by atoms with Gasteiger partial charge in [0.2, 0.25) is 0 Å². The number of benzene rings is 1. The SMILES string of the molecule is CCNC(=O)C(O)C(Cc1ccccc1)NC(=O)O. The zero-order valence-corrected chi connectivity index (χ0v) is 10.7. The first-order valence-electron chi connectivity index (χ1n) is 6.03. The second kappa shape index (κ2) is 7.38. The van der Waals surface area contributed by atoms with Crippen LogP contribution in [-0.2, 0) is 11.2 Å². The lowest BCUT2D eigenvalue weighted by Gasteiger charge is -2.22. The van der Waals surface area contributed by atoms with Crippen molar-refractivity contribution in [2.45, 2.75) is 25.5 Å². The smallest absolute Gasteiger partial charge is 0.404 e. The molecule has 2 unspecified atom stereocenters. The maximum atomic E-state index is 11.6. The van der Waals surface area contributed by atoms with Crippen LogP contribution in [0.3, 0.4) is 0 Å². The summed E-state index contributed by atoms with van der Waals surface area (Å²) in [5, 5.41) is 23.3. The molecule has 0 aliphatic rings. The molecule has 0 bridgehead atoms. The zero-order chi connectivity index (χ0) is 14.3. The second-order valence-corrected chi connectivity index (χ2v) is 4.09. The Bertz CT molecular complexity index is 422. The first-order valence-corrected chi connectivity index (χ1v) is 6.03. The number of nitrogens with one attached hydrogen (secondary N) is 2. The van der Waals surface area contributed by atoms with Crippen molar-refractivity contribution >= 4 is 12.0 Å². The maximum Gasteiger partial charge on any atom is 0.404 e. The van der Waals surface area contributed by atoms with Crippen LogP contribution in [0.4, 0.5) is 4.79 Å². The molecule has 0 spiro atoms. The molecule has 0 aliphatic heterocycles. The Labute approximate surface area is 111 Å². The van der Waals surface area contributed by atoms with Crippen LogP contribution in [0.1, 0.15) is 12.5 Å². The lowest BCUT2D eigenvalue weighted by molar-refractivity contribution is -0.130. The van der Waals surface area contributed by atoms with Crippen molar-refractivity contribution in [1.82, 2.24) is 10.6 Å². The Kier molecular flexibility index (Phi) is 5.81. The van der Waals surface area contributed by atoms with E-state index in [1.54, 1.807) is 19.1 Å². The van der Waals surface area contributed by atoms with Gasteiger partial charge < -0.3 is 20.8 Å². The van der Waals surface area contributed by atoms with Crippen LogP contribution in [0, 0.1) is 0 Å². The molecular weight excluding hydrogens is 248 g/mol. The molecule has 2 atom stereocenters. The second-order valence-electron chi connectivity index (χ2n) is 4.09. The van der Waals surface area contributed by atoms with Gasteiger partial charge in [-0.15, -0.1) is 0 Å². The molecule has 0 saturated heterocycles. The number of carboxylic acid groups (broad SMARTS) is 1. The van der Waals surface area contributed by atoms with Crippen molar-refractivity contribution in [3.63, 3.8) is 0 Å². The molecule has 6 nitrogen and oxygen atoms in total. The number of aliphatic hydroxyl groups is 1. The van der Waals surface area contributed by atoms with Gasteiger partial charge in [0.15, 0.2) is 6.10 Å². The third kappa shape index (κ3) is 4.97. The minimum absolute atomic E-state index is 0.242. The number of hydrogen-bond donors (Lipinski definition) is 4. The Hall–Kier alpha value is -2.08. The van der Waals surface area contributed by atoms with Crippen molar-refractivity contribution in [3.8, 4) is 0 Å². The summed E-state index contributed by atoms with van der Waals surface area (Å²) in [5.74, 6) is -0.586. The van der Waals surface area contributed by atoms with E-state index in [0.29, 0.717) is 6.54 Å². The Morgan fingerprint density at radius 2 is 1.89 bits per heavy atom. The standard InChI is InChI=1S/C13H18N2O4/c1-2-14-12(17)11(16)10(15-13(18)19)8-9-6-4-3-5-7-9/h3-7,10-11,15-16H,2,8H2,1H3,(H,14,17)(H,18,19). The molecule has 0 aliphatic carbocycles. The summed E-state index contributed by atoms with van der Waals surface area (Å²) in [4.78, 5) is 22.3. The summed E-state index contributed by atoms with van der Waals surface area (Å²) in [6.07, 6.45) is -2.45. The molecule has 104 valence electrons. The molecule has 6 heteroatoms. The number of carbonyl (C=O) groups is 2. The monoisotopic (exact) mass is 266 g/mol. The van der Waals surface area contributed by atoms with Crippen molar-refractivity contribution in [1.29, 1.82) is 0 Å². The van der Waals surface area contributed by atoms with Gasteiger partial charge in [-0.2, -0.15) is 0 Å². The van der Waals surface area contributed by atoms with Crippen LogP contribution in [0.25, 0.3) is 0 Å². The summed E-state index contributed by atoms with van der Waals surface area (Å²) in [6, 6.07) is 8.19. The number of aliphatic hydroxyl groups excluding tert-OH is 1. The fourth-order valence-corrected chi connectivity index (χ4v) is 1.73. The molecule has 0 saturated carbocycles. The average molecular weight is 266 g/mol. The van der Waals surface area contributed by atoms with E-state index in [9.17, 15) is 14.7 Å². The van der Waals surface area contributed by atoms with E-state index in [-0.39, 0.29) is 6.42 Å². The maximum absolute atomic E-state index is 11.6. The summed E-state index contributed by atoms with van der Waals surface area (Å²) >= 11 is 0. The highest BCUT2D eigenvalue weighted by molar-refractivity contribution is 5.82. The number of hydrogen-bond acceptors (Lipinski definition) is 3. The van der Waals surface area contributed by atoms with Gasteiger partial charge >= 0.3 is 6.09 Å². The molecule has 0 aromatic heterocycles. The van der Waals surface area contributed by atoms with Gasteiger partial charge in [-0.25, -0.2) is 4.79 Å². The molecule has 0 radical (unpaired) electrons. The fourth-order valence-electron chi connectivity index (χ4n) is 1.73. The van der Waals surface area contributed by atoms with E-state index in [4.69, 9.17) is 5.11 Å². The van der Waals surface area contributed by atoms with E-state index in [2.05, 4.69) is 10.6 Å². The van der Waals surface area contributed by atoms with Crippen LogP contribution >= 0.6 is 0 Å². The topological polar surface area (TPSA) is 98.7 Å².